The first kappa shape index (κ1) is 19.6. The van der Waals surface area contributed by atoms with Crippen LogP contribution in [-0.2, 0) is 23.7 Å². The van der Waals surface area contributed by atoms with E-state index < -0.39 is 0 Å². The summed E-state index contributed by atoms with van der Waals surface area (Å²) in [6, 6.07) is 0. The molecular weight excluding hydrogens is 284 g/mol. The zero-order valence-electron chi connectivity index (χ0n) is 13.8. The Hall–Kier alpha value is -0.460. The molecule has 5 nitrogen and oxygen atoms in total. The smallest absolute Gasteiger partial charge is 0.0701 e. The molecular formula is C17H32O5. The fraction of sp³-hybridized carbons (Fsp3) is 0.882. The number of ether oxygens (including phenoxy) is 5. The lowest BCUT2D eigenvalue weighted by atomic mass is 10.3. The molecule has 5 heteroatoms. The van der Waals surface area contributed by atoms with Crippen molar-refractivity contribution in [2.45, 2.75) is 25.7 Å². The minimum absolute atomic E-state index is 0.591. The monoisotopic (exact) mass is 316 g/mol. The van der Waals surface area contributed by atoms with Crippen molar-refractivity contribution in [3.8, 4) is 0 Å². The molecule has 22 heavy (non-hydrogen) atoms. The van der Waals surface area contributed by atoms with Crippen LogP contribution < -0.4 is 0 Å². The fourth-order valence-electron chi connectivity index (χ4n) is 1.80. The molecule has 0 aromatic carbocycles. The third-order valence-electron chi connectivity index (χ3n) is 3.32. The van der Waals surface area contributed by atoms with Gasteiger partial charge in [0.25, 0.3) is 0 Å². The summed E-state index contributed by atoms with van der Waals surface area (Å²) in [5, 5.41) is 0. The van der Waals surface area contributed by atoms with E-state index in [0.29, 0.717) is 59.5 Å². The molecule has 0 atom stereocenters. The fourth-order valence-corrected chi connectivity index (χ4v) is 1.80. The van der Waals surface area contributed by atoms with Gasteiger partial charge < -0.3 is 23.7 Å². The molecule has 0 bridgehead atoms. The predicted octanol–water partition coefficient (Wildman–Crippen LogP) is 2.45. The Labute approximate surface area is 134 Å². The third-order valence-corrected chi connectivity index (χ3v) is 3.32. The van der Waals surface area contributed by atoms with Crippen LogP contribution in [0, 0.1) is 5.92 Å². The molecule has 0 heterocycles. The van der Waals surface area contributed by atoms with Gasteiger partial charge >= 0.3 is 0 Å². The van der Waals surface area contributed by atoms with Crippen LogP contribution in [0.3, 0.4) is 0 Å². The van der Waals surface area contributed by atoms with E-state index in [1.807, 2.05) is 6.08 Å². The molecule has 0 radical (unpaired) electrons. The largest absolute Gasteiger partial charge is 0.379 e. The Morgan fingerprint density at radius 2 is 1.05 bits per heavy atom. The van der Waals surface area contributed by atoms with E-state index in [9.17, 15) is 0 Å². The summed E-state index contributed by atoms with van der Waals surface area (Å²) in [4.78, 5) is 0. The van der Waals surface area contributed by atoms with Gasteiger partial charge in [0.15, 0.2) is 0 Å². The van der Waals surface area contributed by atoms with Gasteiger partial charge in [-0.1, -0.05) is 18.9 Å². The summed E-state index contributed by atoms with van der Waals surface area (Å²) in [6.45, 7) is 10.2. The average molecular weight is 316 g/mol. The number of hydrogen-bond donors (Lipinski definition) is 0. The second-order valence-corrected chi connectivity index (χ2v) is 5.37. The van der Waals surface area contributed by atoms with Crippen molar-refractivity contribution in [1.29, 1.82) is 0 Å². The van der Waals surface area contributed by atoms with Gasteiger partial charge in [0.2, 0.25) is 0 Å². The topological polar surface area (TPSA) is 46.2 Å². The lowest BCUT2D eigenvalue weighted by molar-refractivity contribution is -0.0110. The van der Waals surface area contributed by atoms with E-state index in [4.69, 9.17) is 23.7 Å². The summed E-state index contributed by atoms with van der Waals surface area (Å²) in [5.74, 6) is 0.940. The maximum atomic E-state index is 5.49. The summed E-state index contributed by atoms with van der Waals surface area (Å²) < 4.78 is 27.0. The maximum Gasteiger partial charge on any atom is 0.0701 e. The minimum Gasteiger partial charge on any atom is -0.379 e. The molecule has 130 valence electrons. The van der Waals surface area contributed by atoms with Gasteiger partial charge in [-0.25, -0.2) is 0 Å². The lowest BCUT2D eigenvalue weighted by Crippen LogP contribution is -2.13. The first-order chi connectivity index (χ1) is 10.9. The predicted molar refractivity (Wildman–Crippen MR) is 86.3 cm³/mol. The molecule has 0 aromatic rings. The van der Waals surface area contributed by atoms with Crippen molar-refractivity contribution in [3.05, 3.63) is 12.7 Å². The van der Waals surface area contributed by atoms with Gasteiger partial charge in [0.1, 0.15) is 0 Å². The van der Waals surface area contributed by atoms with E-state index >= 15 is 0 Å². The molecule has 0 aromatic heterocycles. The highest BCUT2D eigenvalue weighted by atomic mass is 16.6. The van der Waals surface area contributed by atoms with Crippen molar-refractivity contribution < 1.29 is 23.7 Å². The zero-order valence-corrected chi connectivity index (χ0v) is 13.8. The van der Waals surface area contributed by atoms with Crippen LogP contribution in [0.4, 0.5) is 0 Å². The summed E-state index contributed by atoms with van der Waals surface area (Å²) in [7, 11) is 0. The van der Waals surface area contributed by atoms with Gasteiger partial charge in [-0.2, -0.15) is 0 Å². The molecule has 0 aliphatic heterocycles. The summed E-state index contributed by atoms with van der Waals surface area (Å²) in [5.41, 5.74) is 0. The normalized spacial score (nSPS) is 14.4. The van der Waals surface area contributed by atoms with E-state index in [1.165, 1.54) is 19.3 Å². The SMILES string of the molecule is C=CCCOCCOCCOCCOCCOCCC1CC1. The molecule has 1 aliphatic rings. The molecule has 1 fully saturated rings. The van der Waals surface area contributed by atoms with Crippen molar-refractivity contribution in [3.63, 3.8) is 0 Å². The van der Waals surface area contributed by atoms with Crippen LogP contribution in [0.5, 0.6) is 0 Å². The molecule has 0 spiro atoms. The van der Waals surface area contributed by atoms with Crippen LogP contribution in [0.25, 0.3) is 0 Å². The minimum atomic E-state index is 0.591. The molecule has 0 N–H and O–H groups in total. The van der Waals surface area contributed by atoms with E-state index in [0.717, 1.165) is 18.9 Å². The standard InChI is InChI=1S/C17H32O5/c1-2-3-7-18-9-11-20-13-15-22-16-14-21-12-10-19-8-6-17-4-5-17/h2,17H,1,3-16H2. The summed E-state index contributed by atoms with van der Waals surface area (Å²) in [6.07, 6.45) is 6.72. The van der Waals surface area contributed by atoms with E-state index in [1.54, 1.807) is 0 Å². The van der Waals surface area contributed by atoms with Crippen molar-refractivity contribution in [2.24, 2.45) is 5.92 Å². The maximum absolute atomic E-state index is 5.49. The van der Waals surface area contributed by atoms with E-state index in [-0.39, 0.29) is 0 Å². The Bertz CT molecular complexity index is 243. The van der Waals surface area contributed by atoms with Gasteiger partial charge in [-0.3, -0.25) is 0 Å². The van der Waals surface area contributed by atoms with E-state index in [2.05, 4.69) is 6.58 Å². The van der Waals surface area contributed by atoms with Crippen molar-refractivity contribution in [2.75, 3.05) is 66.1 Å². The first-order valence-corrected chi connectivity index (χ1v) is 8.43. The molecule has 0 saturated heterocycles. The molecule has 1 saturated carbocycles. The Balaban J connectivity index is 1.60. The highest BCUT2D eigenvalue weighted by Crippen LogP contribution is 2.31. The highest BCUT2D eigenvalue weighted by molar-refractivity contribution is 4.72. The second kappa shape index (κ2) is 15.4. The summed E-state index contributed by atoms with van der Waals surface area (Å²) >= 11 is 0. The van der Waals surface area contributed by atoms with Crippen LogP contribution in [-0.4, -0.2) is 66.1 Å². The molecule has 0 unspecified atom stereocenters. The van der Waals surface area contributed by atoms with Crippen molar-refractivity contribution in [1.82, 2.24) is 0 Å². The molecule has 1 aliphatic carbocycles. The van der Waals surface area contributed by atoms with Crippen LogP contribution in [0.2, 0.25) is 0 Å². The highest BCUT2D eigenvalue weighted by Gasteiger charge is 2.20. The Morgan fingerprint density at radius 3 is 1.45 bits per heavy atom. The lowest BCUT2D eigenvalue weighted by Gasteiger charge is -2.07. The van der Waals surface area contributed by atoms with Crippen LogP contribution in [0.1, 0.15) is 25.7 Å². The van der Waals surface area contributed by atoms with Gasteiger partial charge in [0.05, 0.1) is 59.5 Å². The molecule has 1 rings (SSSR count). The number of hydrogen-bond acceptors (Lipinski definition) is 5. The van der Waals surface area contributed by atoms with Gasteiger partial charge in [0, 0.05) is 6.61 Å². The van der Waals surface area contributed by atoms with Crippen LogP contribution >= 0.6 is 0 Å². The second-order valence-electron chi connectivity index (χ2n) is 5.37. The molecule has 0 amide bonds. The van der Waals surface area contributed by atoms with Gasteiger partial charge in [-0.05, 0) is 18.8 Å². The Morgan fingerprint density at radius 1 is 0.636 bits per heavy atom. The number of rotatable bonds is 18. The zero-order chi connectivity index (χ0) is 15.7. The van der Waals surface area contributed by atoms with Gasteiger partial charge in [-0.15, -0.1) is 6.58 Å². The quantitative estimate of drug-likeness (QED) is 0.287. The average Bonchev–Trinajstić information content (AvgIpc) is 3.34. The first-order valence-electron chi connectivity index (χ1n) is 8.43. The Kier molecular flexibility index (Phi) is 13.7. The van der Waals surface area contributed by atoms with Crippen LogP contribution in [0.15, 0.2) is 12.7 Å². The van der Waals surface area contributed by atoms with Crippen molar-refractivity contribution >= 4 is 0 Å². The third kappa shape index (κ3) is 14.5.